The van der Waals surface area contributed by atoms with E-state index in [0.717, 1.165) is 6.42 Å². The highest BCUT2D eigenvalue weighted by molar-refractivity contribution is 6.00. The Balaban J connectivity index is 2.36. The van der Waals surface area contributed by atoms with Crippen molar-refractivity contribution in [3.05, 3.63) is 23.2 Å². The van der Waals surface area contributed by atoms with Crippen molar-refractivity contribution >= 4 is 11.8 Å². The standard InChI is InChI=1S/C9H8O4/c10-6-3-1-2-5(6)8-4-7(11)9(12)13-8/h4,11H,1-3H2/b8-5+. The van der Waals surface area contributed by atoms with Crippen LogP contribution in [0.15, 0.2) is 23.2 Å². The number of allylic oxidation sites excluding steroid dienone is 2. The van der Waals surface area contributed by atoms with Crippen LogP contribution in [0.5, 0.6) is 0 Å². The average molecular weight is 180 g/mol. The van der Waals surface area contributed by atoms with Gasteiger partial charge in [-0.2, -0.15) is 0 Å². The maximum absolute atomic E-state index is 11.2. The highest BCUT2D eigenvalue weighted by Crippen LogP contribution is 2.28. The summed E-state index contributed by atoms with van der Waals surface area (Å²) < 4.78 is 4.71. The SMILES string of the molecule is O=C1O/C(=C2\CCCC2=O)C=C1O. The lowest BCUT2D eigenvalue weighted by molar-refractivity contribution is -0.135. The third-order valence-corrected chi connectivity index (χ3v) is 2.14. The van der Waals surface area contributed by atoms with Crippen LogP contribution in [0.25, 0.3) is 0 Å². The second-order valence-electron chi connectivity index (χ2n) is 3.04. The van der Waals surface area contributed by atoms with E-state index in [1.165, 1.54) is 6.08 Å². The number of hydrogen-bond acceptors (Lipinski definition) is 4. The molecule has 0 spiro atoms. The summed E-state index contributed by atoms with van der Waals surface area (Å²) in [6.07, 6.45) is 3.14. The smallest absolute Gasteiger partial charge is 0.378 e. The summed E-state index contributed by atoms with van der Waals surface area (Å²) in [5.41, 5.74) is 0.525. The maximum Gasteiger partial charge on any atom is 0.378 e. The Hall–Kier alpha value is -1.58. The molecule has 0 aromatic rings. The van der Waals surface area contributed by atoms with E-state index in [1.54, 1.807) is 0 Å². The molecule has 1 heterocycles. The van der Waals surface area contributed by atoms with Crippen LogP contribution in [0.4, 0.5) is 0 Å². The lowest BCUT2D eigenvalue weighted by Gasteiger charge is -1.98. The van der Waals surface area contributed by atoms with Gasteiger partial charge in [0.2, 0.25) is 5.76 Å². The Morgan fingerprint density at radius 3 is 2.54 bits per heavy atom. The van der Waals surface area contributed by atoms with Crippen LogP contribution in [0.1, 0.15) is 19.3 Å². The summed E-state index contributed by atoms with van der Waals surface area (Å²) in [7, 11) is 0. The van der Waals surface area contributed by atoms with Crippen LogP contribution in [0.2, 0.25) is 0 Å². The van der Waals surface area contributed by atoms with Crippen molar-refractivity contribution in [3.8, 4) is 0 Å². The van der Waals surface area contributed by atoms with Crippen LogP contribution < -0.4 is 0 Å². The Labute approximate surface area is 74.5 Å². The van der Waals surface area contributed by atoms with Crippen LogP contribution in [0.3, 0.4) is 0 Å². The Kier molecular flexibility index (Phi) is 1.69. The van der Waals surface area contributed by atoms with Crippen molar-refractivity contribution < 1.29 is 19.4 Å². The zero-order chi connectivity index (χ0) is 9.42. The van der Waals surface area contributed by atoms with Gasteiger partial charge in [-0.1, -0.05) is 0 Å². The number of carbonyl (C=O) groups excluding carboxylic acids is 2. The van der Waals surface area contributed by atoms with Gasteiger partial charge in [0.15, 0.2) is 5.78 Å². The monoisotopic (exact) mass is 180 g/mol. The van der Waals surface area contributed by atoms with Crippen molar-refractivity contribution in [2.45, 2.75) is 19.3 Å². The molecule has 0 saturated heterocycles. The number of hydrogen-bond donors (Lipinski definition) is 1. The summed E-state index contributed by atoms with van der Waals surface area (Å²) in [6.45, 7) is 0. The molecule has 4 nitrogen and oxygen atoms in total. The zero-order valence-electron chi connectivity index (χ0n) is 6.87. The molecule has 0 unspecified atom stereocenters. The molecule has 0 bridgehead atoms. The molecule has 13 heavy (non-hydrogen) atoms. The quantitative estimate of drug-likeness (QED) is 0.446. The van der Waals surface area contributed by atoms with E-state index in [2.05, 4.69) is 0 Å². The van der Waals surface area contributed by atoms with Crippen LogP contribution in [-0.4, -0.2) is 16.9 Å². The van der Waals surface area contributed by atoms with Crippen molar-refractivity contribution in [2.24, 2.45) is 0 Å². The fourth-order valence-electron chi connectivity index (χ4n) is 1.49. The van der Waals surface area contributed by atoms with E-state index in [4.69, 9.17) is 9.84 Å². The predicted octanol–water partition coefficient (Wildman–Crippen LogP) is 0.992. The minimum Gasteiger partial charge on any atom is -0.502 e. The van der Waals surface area contributed by atoms with Crippen LogP contribution in [0, 0.1) is 0 Å². The zero-order valence-corrected chi connectivity index (χ0v) is 6.87. The Morgan fingerprint density at radius 1 is 1.31 bits per heavy atom. The van der Waals surface area contributed by atoms with Gasteiger partial charge in [-0.3, -0.25) is 4.79 Å². The van der Waals surface area contributed by atoms with Gasteiger partial charge in [-0.05, 0) is 12.8 Å². The fraction of sp³-hybridized carbons (Fsp3) is 0.333. The van der Waals surface area contributed by atoms with E-state index in [0.29, 0.717) is 18.4 Å². The third kappa shape index (κ3) is 1.24. The molecule has 68 valence electrons. The molecule has 0 amide bonds. The van der Waals surface area contributed by atoms with Crippen molar-refractivity contribution in [1.82, 2.24) is 0 Å². The second kappa shape index (κ2) is 2.73. The molecule has 0 atom stereocenters. The summed E-state index contributed by atoms with van der Waals surface area (Å²) in [4.78, 5) is 22.0. The number of aliphatic hydroxyl groups is 1. The molecule has 1 N–H and O–H groups in total. The molecule has 4 heteroatoms. The van der Waals surface area contributed by atoms with Gasteiger partial charge in [0.1, 0.15) is 5.76 Å². The predicted molar refractivity (Wildman–Crippen MR) is 42.7 cm³/mol. The topological polar surface area (TPSA) is 63.6 Å². The van der Waals surface area contributed by atoms with Crippen LogP contribution in [-0.2, 0) is 14.3 Å². The summed E-state index contributed by atoms with van der Waals surface area (Å²) in [6, 6.07) is 0. The van der Waals surface area contributed by atoms with Gasteiger partial charge < -0.3 is 9.84 Å². The molecule has 0 radical (unpaired) electrons. The van der Waals surface area contributed by atoms with E-state index in [9.17, 15) is 9.59 Å². The summed E-state index contributed by atoms with van der Waals surface area (Å²) >= 11 is 0. The maximum atomic E-state index is 11.2. The minimum absolute atomic E-state index is 0.00810. The fourth-order valence-corrected chi connectivity index (χ4v) is 1.49. The molecule has 1 aliphatic carbocycles. The number of esters is 1. The molecule has 1 aliphatic heterocycles. The number of aliphatic hydroxyl groups excluding tert-OH is 1. The molecule has 2 rings (SSSR count). The Morgan fingerprint density at radius 2 is 2.08 bits per heavy atom. The number of carbonyl (C=O) groups is 2. The van der Waals surface area contributed by atoms with Gasteiger partial charge in [0.05, 0.1) is 0 Å². The molecule has 2 aliphatic rings. The van der Waals surface area contributed by atoms with Crippen LogP contribution >= 0.6 is 0 Å². The van der Waals surface area contributed by atoms with Crippen molar-refractivity contribution in [2.75, 3.05) is 0 Å². The first-order chi connectivity index (χ1) is 6.18. The van der Waals surface area contributed by atoms with Gasteiger partial charge in [-0.15, -0.1) is 0 Å². The largest absolute Gasteiger partial charge is 0.502 e. The third-order valence-electron chi connectivity index (χ3n) is 2.14. The minimum atomic E-state index is -0.776. The molecular weight excluding hydrogens is 172 g/mol. The van der Waals surface area contributed by atoms with E-state index in [1.807, 2.05) is 0 Å². The Bertz CT molecular complexity index is 349. The van der Waals surface area contributed by atoms with Crippen molar-refractivity contribution in [1.29, 1.82) is 0 Å². The first-order valence-electron chi connectivity index (χ1n) is 4.07. The first kappa shape index (κ1) is 8.04. The second-order valence-corrected chi connectivity index (χ2v) is 3.04. The number of ketones is 1. The number of ether oxygens (including phenoxy) is 1. The van der Waals surface area contributed by atoms with Crippen molar-refractivity contribution in [3.63, 3.8) is 0 Å². The normalized spacial score (nSPS) is 27.8. The number of Topliss-reactive ketones (excluding diaryl/α,β-unsaturated/α-hetero) is 1. The summed E-state index contributed by atoms with van der Waals surface area (Å²) in [5, 5.41) is 8.96. The molecular formula is C9H8O4. The van der Waals surface area contributed by atoms with E-state index < -0.39 is 11.7 Å². The molecule has 1 fully saturated rings. The van der Waals surface area contributed by atoms with Gasteiger partial charge in [-0.25, -0.2) is 4.79 Å². The first-order valence-corrected chi connectivity index (χ1v) is 4.07. The number of cyclic esters (lactones) is 1. The lowest BCUT2D eigenvalue weighted by atomic mass is 10.2. The molecule has 0 aromatic carbocycles. The van der Waals surface area contributed by atoms with Gasteiger partial charge >= 0.3 is 5.97 Å². The lowest BCUT2D eigenvalue weighted by Crippen LogP contribution is -2.00. The van der Waals surface area contributed by atoms with E-state index >= 15 is 0 Å². The van der Waals surface area contributed by atoms with Gasteiger partial charge in [0.25, 0.3) is 0 Å². The molecule has 1 saturated carbocycles. The molecule has 0 aromatic heterocycles. The highest BCUT2D eigenvalue weighted by atomic mass is 16.6. The highest BCUT2D eigenvalue weighted by Gasteiger charge is 2.28. The summed E-state index contributed by atoms with van der Waals surface area (Å²) in [5.74, 6) is -0.969. The average Bonchev–Trinajstić information content (AvgIpc) is 2.60. The van der Waals surface area contributed by atoms with E-state index in [-0.39, 0.29) is 11.5 Å². The number of rotatable bonds is 0. The van der Waals surface area contributed by atoms with Gasteiger partial charge in [0, 0.05) is 18.1 Å².